The fraction of sp³-hybridized carbons (Fsp3) is 0.625. The predicted octanol–water partition coefficient (Wildman–Crippen LogP) is 4.32. The van der Waals surface area contributed by atoms with E-state index in [1.54, 1.807) is 6.07 Å². The third kappa shape index (κ3) is 4.71. The standard InChI is InChI=1S/C16H22F3NO/c1-2-8-20-15(11-14-7-4-9-21-14)12-5-3-6-13(10-12)16(17,18)19/h3,5-6,10,14-15,20H,2,4,7-9,11H2,1H3. The Bertz CT molecular complexity index is 441. The zero-order valence-electron chi connectivity index (χ0n) is 12.2. The molecule has 1 N–H and O–H groups in total. The van der Waals surface area contributed by atoms with Crippen LogP contribution in [0.2, 0.25) is 0 Å². The van der Waals surface area contributed by atoms with E-state index in [1.165, 1.54) is 12.1 Å². The quantitative estimate of drug-likeness (QED) is 0.845. The number of hydrogen-bond donors (Lipinski definition) is 1. The maximum Gasteiger partial charge on any atom is 0.416 e. The molecule has 2 rings (SSSR count). The zero-order chi connectivity index (χ0) is 15.3. The molecule has 0 aromatic heterocycles. The van der Waals surface area contributed by atoms with E-state index in [9.17, 15) is 13.2 Å². The van der Waals surface area contributed by atoms with Crippen LogP contribution in [0.4, 0.5) is 13.2 Å². The van der Waals surface area contributed by atoms with Gasteiger partial charge in [-0.25, -0.2) is 0 Å². The van der Waals surface area contributed by atoms with Crippen molar-refractivity contribution >= 4 is 0 Å². The van der Waals surface area contributed by atoms with E-state index in [0.717, 1.165) is 44.9 Å². The summed E-state index contributed by atoms with van der Waals surface area (Å²) in [6.45, 7) is 3.59. The molecule has 2 nitrogen and oxygen atoms in total. The summed E-state index contributed by atoms with van der Waals surface area (Å²) in [5, 5.41) is 3.34. The summed E-state index contributed by atoms with van der Waals surface area (Å²) >= 11 is 0. The van der Waals surface area contributed by atoms with Crippen molar-refractivity contribution in [2.75, 3.05) is 13.2 Å². The highest BCUT2D eigenvalue weighted by atomic mass is 19.4. The Labute approximate surface area is 123 Å². The molecule has 0 spiro atoms. The van der Waals surface area contributed by atoms with Crippen molar-refractivity contribution in [2.24, 2.45) is 0 Å². The molecule has 0 radical (unpaired) electrons. The highest BCUT2D eigenvalue weighted by Crippen LogP contribution is 2.32. The lowest BCUT2D eigenvalue weighted by Crippen LogP contribution is -2.26. The Morgan fingerprint density at radius 2 is 2.19 bits per heavy atom. The van der Waals surface area contributed by atoms with Crippen LogP contribution in [0.25, 0.3) is 0 Å². The second kappa shape index (κ2) is 7.27. The van der Waals surface area contributed by atoms with Crippen molar-refractivity contribution in [3.8, 4) is 0 Å². The predicted molar refractivity (Wildman–Crippen MR) is 76.1 cm³/mol. The van der Waals surface area contributed by atoms with Crippen LogP contribution in [0.5, 0.6) is 0 Å². The number of benzene rings is 1. The van der Waals surface area contributed by atoms with Crippen LogP contribution in [-0.4, -0.2) is 19.3 Å². The molecule has 21 heavy (non-hydrogen) atoms. The Hall–Kier alpha value is -1.07. The van der Waals surface area contributed by atoms with Gasteiger partial charge in [0.05, 0.1) is 11.7 Å². The van der Waals surface area contributed by atoms with Gasteiger partial charge in [-0.15, -0.1) is 0 Å². The monoisotopic (exact) mass is 301 g/mol. The van der Waals surface area contributed by atoms with Gasteiger partial charge in [-0.05, 0) is 49.9 Å². The smallest absolute Gasteiger partial charge is 0.378 e. The molecule has 1 fully saturated rings. The molecule has 0 amide bonds. The maximum absolute atomic E-state index is 12.8. The highest BCUT2D eigenvalue weighted by molar-refractivity contribution is 5.28. The lowest BCUT2D eigenvalue weighted by Gasteiger charge is -2.23. The molecule has 2 unspecified atom stereocenters. The summed E-state index contributed by atoms with van der Waals surface area (Å²) in [4.78, 5) is 0. The van der Waals surface area contributed by atoms with E-state index in [-0.39, 0.29) is 12.1 Å². The topological polar surface area (TPSA) is 21.3 Å². The molecule has 1 aromatic rings. The van der Waals surface area contributed by atoms with Gasteiger partial charge >= 0.3 is 6.18 Å². The second-order valence-corrected chi connectivity index (χ2v) is 5.50. The van der Waals surface area contributed by atoms with Gasteiger partial charge in [0, 0.05) is 12.6 Å². The fourth-order valence-corrected chi connectivity index (χ4v) is 2.68. The van der Waals surface area contributed by atoms with Crippen molar-refractivity contribution in [3.05, 3.63) is 35.4 Å². The first-order valence-electron chi connectivity index (χ1n) is 7.53. The minimum atomic E-state index is -4.30. The van der Waals surface area contributed by atoms with E-state index < -0.39 is 11.7 Å². The summed E-state index contributed by atoms with van der Waals surface area (Å²) in [6, 6.07) is 5.52. The Morgan fingerprint density at radius 3 is 2.81 bits per heavy atom. The maximum atomic E-state index is 12.8. The fourth-order valence-electron chi connectivity index (χ4n) is 2.68. The SMILES string of the molecule is CCCNC(CC1CCCO1)c1cccc(C(F)(F)F)c1. The van der Waals surface area contributed by atoms with Gasteiger partial charge in [-0.1, -0.05) is 19.1 Å². The molecule has 0 saturated carbocycles. The molecule has 1 saturated heterocycles. The third-order valence-electron chi connectivity index (χ3n) is 3.78. The van der Waals surface area contributed by atoms with E-state index in [4.69, 9.17) is 4.74 Å². The summed E-state index contributed by atoms with van der Waals surface area (Å²) in [7, 11) is 0. The molecule has 1 aromatic carbocycles. The lowest BCUT2D eigenvalue weighted by molar-refractivity contribution is -0.137. The molecule has 118 valence electrons. The molecule has 0 aliphatic carbocycles. The number of rotatable bonds is 6. The van der Waals surface area contributed by atoms with Crippen LogP contribution in [-0.2, 0) is 10.9 Å². The Morgan fingerprint density at radius 1 is 1.38 bits per heavy atom. The minimum Gasteiger partial charge on any atom is -0.378 e. The molecular weight excluding hydrogens is 279 g/mol. The Kier molecular flexibility index (Phi) is 5.65. The average molecular weight is 301 g/mol. The first kappa shape index (κ1) is 16.3. The summed E-state index contributed by atoms with van der Waals surface area (Å²) in [6.07, 6.45) is -0.456. The van der Waals surface area contributed by atoms with Gasteiger partial charge in [0.2, 0.25) is 0 Å². The van der Waals surface area contributed by atoms with Crippen molar-refractivity contribution < 1.29 is 17.9 Å². The van der Waals surface area contributed by atoms with E-state index in [0.29, 0.717) is 5.56 Å². The third-order valence-corrected chi connectivity index (χ3v) is 3.78. The van der Waals surface area contributed by atoms with Crippen LogP contribution >= 0.6 is 0 Å². The van der Waals surface area contributed by atoms with Crippen LogP contribution in [0, 0.1) is 0 Å². The number of halogens is 3. The molecule has 0 bridgehead atoms. The van der Waals surface area contributed by atoms with Gasteiger partial charge in [0.15, 0.2) is 0 Å². The van der Waals surface area contributed by atoms with Crippen molar-refractivity contribution in [3.63, 3.8) is 0 Å². The number of hydrogen-bond acceptors (Lipinski definition) is 2. The summed E-state index contributed by atoms with van der Waals surface area (Å²) in [5.41, 5.74) is 0.101. The number of nitrogens with one attached hydrogen (secondary N) is 1. The average Bonchev–Trinajstić information content (AvgIpc) is 2.95. The van der Waals surface area contributed by atoms with Gasteiger partial charge in [-0.2, -0.15) is 13.2 Å². The summed E-state index contributed by atoms with van der Waals surface area (Å²) in [5.74, 6) is 0. The molecule has 5 heteroatoms. The van der Waals surface area contributed by atoms with Crippen molar-refractivity contribution in [2.45, 2.75) is 50.9 Å². The lowest BCUT2D eigenvalue weighted by atomic mass is 9.97. The number of ether oxygens (including phenoxy) is 1. The zero-order valence-corrected chi connectivity index (χ0v) is 12.2. The van der Waals surface area contributed by atoms with Crippen LogP contribution in [0.1, 0.15) is 49.8 Å². The largest absolute Gasteiger partial charge is 0.416 e. The first-order chi connectivity index (χ1) is 10.0. The van der Waals surface area contributed by atoms with Crippen molar-refractivity contribution in [1.29, 1.82) is 0 Å². The number of alkyl halides is 3. The molecule has 1 heterocycles. The van der Waals surface area contributed by atoms with Crippen LogP contribution in [0.3, 0.4) is 0 Å². The minimum absolute atomic E-state index is 0.0876. The Balaban J connectivity index is 2.14. The van der Waals surface area contributed by atoms with Gasteiger partial charge in [-0.3, -0.25) is 0 Å². The van der Waals surface area contributed by atoms with E-state index in [1.807, 2.05) is 6.92 Å². The van der Waals surface area contributed by atoms with Gasteiger partial charge in [0.1, 0.15) is 0 Å². The molecule has 2 atom stereocenters. The van der Waals surface area contributed by atoms with E-state index >= 15 is 0 Å². The summed E-state index contributed by atoms with van der Waals surface area (Å²) < 4.78 is 44.1. The van der Waals surface area contributed by atoms with E-state index in [2.05, 4.69) is 5.32 Å². The van der Waals surface area contributed by atoms with Crippen molar-refractivity contribution in [1.82, 2.24) is 5.32 Å². The molecule has 1 aliphatic heterocycles. The van der Waals surface area contributed by atoms with Gasteiger partial charge in [0.25, 0.3) is 0 Å². The molecule has 1 aliphatic rings. The van der Waals surface area contributed by atoms with Crippen LogP contribution < -0.4 is 5.32 Å². The highest BCUT2D eigenvalue weighted by Gasteiger charge is 2.31. The van der Waals surface area contributed by atoms with Gasteiger partial charge < -0.3 is 10.1 Å². The molecular formula is C16H22F3NO. The normalized spacial score (nSPS) is 20.7. The van der Waals surface area contributed by atoms with Crippen LogP contribution in [0.15, 0.2) is 24.3 Å². The first-order valence-corrected chi connectivity index (χ1v) is 7.53. The second-order valence-electron chi connectivity index (χ2n) is 5.50.